The van der Waals surface area contributed by atoms with Crippen LogP contribution in [0.1, 0.15) is 23.6 Å². The standard InChI is InChI=1S/C29H29F3N4O4/c1-39-21-7-5-6-20(17-21)34-12-14-35(15-13-34)28-33-23-9-4-3-8-22(23)24(18-27(37)38)36(28)25-16-19(29(30,31)32)10-11-26(25)40-2/h3-11,16-17,24H,12-15,18H2,1-2H3,(H,37,38). The molecule has 3 aromatic rings. The van der Waals surface area contributed by atoms with Crippen molar-refractivity contribution in [1.82, 2.24) is 4.90 Å². The van der Waals surface area contributed by atoms with E-state index in [9.17, 15) is 23.1 Å². The van der Waals surface area contributed by atoms with Gasteiger partial charge in [0.15, 0.2) is 0 Å². The Bertz CT molecular complexity index is 1420. The number of ether oxygens (including phenoxy) is 2. The van der Waals surface area contributed by atoms with Crippen molar-refractivity contribution in [2.45, 2.75) is 18.6 Å². The minimum atomic E-state index is -4.60. The number of guanidine groups is 1. The van der Waals surface area contributed by atoms with Gasteiger partial charge in [-0.2, -0.15) is 13.2 Å². The molecule has 0 saturated carbocycles. The topological polar surface area (TPSA) is 77.8 Å². The zero-order valence-electron chi connectivity index (χ0n) is 22.1. The third-order valence-electron chi connectivity index (χ3n) is 7.16. The lowest BCUT2D eigenvalue weighted by molar-refractivity contribution is -0.138. The first-order valence-electron chi connectivity index (χ1n) is 12.8. The van der Waals surface area contributed by atoms with Crippen molar-refractivity contribution in [1.29, 1.82) is 0 Å². The summed E-state index contributed by atoms with van der Waals surface area (Å²) in [4.78, 5) is 22.7. The van der Waals surface area contributed by atoms with Gasteiger partial charge in [-0.05, 0) is 36.4 Å². The Morgan fingerprint density at radius 2 is 1.68 bits per heavy atom. The summed E-state index contributed by atoms with van der Waals surface area (Å²) in [6.45, 7) is 2.25. The maximum absolute atomic E-state index is 13.8. The molecule has 1 unspecified atom stereocenters. The molecule has 2 aliphatic heterocycles. The summed E-state index contributed by atoms with van der Waals surface area (Å²) in [7, 11) is 2.99. The summed E-state index contributed by atoms with van der Waals surface area (Å²) < 4.78 is 52.3. The number of aliphatic carboxylic acids is 1. The Balaban J connectivity index is 1.57. The third kappa shape index (κ3) is 5.36. The minimum absolute atomic E-state index is 0.104. The lowest BCUT2D eigenvalue weighted by Crippen LogP contribution is -2.55. The highest BCUT2D eigenvalue weighted by Gasteiger charge is 2.39. The number of hydrogen-bond acceptors (Lipinski definition) is 7. The van der Waals surface area contributed by atoms with Crippen molar-refractivity contribution in [2.24, 2.45) is 4.99 Å². The van der Waals surface area contributed by atoms with E-state index < -0.39 is 23.8 Å². The summed E-state index contributed by atoms with van der Waals surface area (Å²) in [6, 6.07) is 17.3. The van der Waals surface area contributed by atoms with Crippen molar-refractivity contribution in [3.63, 3.8) is 0 Å². The second kappa shape index (κ2) is 11.0. The number of alkyl halides is 3. The van der Waals surface area contributed by atoms with Crippen LogP contribution in [0.4, 0.5) is 30.2 Å². The molecule has 3 aromatic carbocycles. The number of fused-ring (bicyclic) bond motifs is 1. The fourth-order valence-electron chi connectivity index (χ4n) is 5.20. The van der Waals surface area contributed by atoms with E-state index in [-0.39, 0.29) is 17.9 Å². The van der Waals surface area contributed by atoms with Crippen LogP contribution in [0.3, 0.4) is 0 Å². The van der Waals surface area contributed by atoms with Gasteiger partial charge in [0.25, 0.3) is 0 Å². The Kier molecular flexibility index (Phi) is 7.46. The van der Waals surface area contributed by atoms with E-state index in [4.69, 9.17) is 14.5 Å². The summed E-state index contributed by atoms with van der Waals surface area (Å²) in [5, 5.41) is 9.86. The van der Waals surface area contributed by atoms with Crippen LogP contribution in [0.5, 0.6) is 11.5 Å². The van der Waals surface area contributed by atoms with Crippen molar-refractivity contribution in [2.75, 3.05) is 50.2 Å². The van der Waals surface area contributed by atoms with Gasteiger partial charge >= 0.3 is 12.1 Å². The second-order valence-corrected chi connectivity index (χ2v) is 9.51. The van der Waals surface area contributed by atoms with Crippen LogP contribution in [0, 0.1) is 0 Å². The van der Waals surface area contributed by atoms with E-state index in [2.05, 4.69) is 4.90 Å². The number of para-hydroxylation sites is 1. The van der Waals surface area contributed by atoms with Gasteiger partial charge < -0.3 is 29.3 Å². The number of hydrogen-bond donors (Lipinski definition) is 1. The lowest BCUT2D eigenvalue weighted by Gasteiger charge is -2.45. The smallest absolute Gasteiger partial charge is 0.416 e. The van der Waals surface area contributed by atoms with Crippen molar-refractivity contribution in [3.05, 3.63) is 77.9 Å². The summed E-state index contributed by atoms with van der Waals surface area (Å²) in [5.41, 5.74) is 1.44. The molecule has 8 nitrogen and oxygen atoms in total. The lowest BCUT2D eigenvalue weighted by atomic mass is 9.97. The van der Waals surface area contributed by atoms with E-state index >= 15 is 0 Å². The van der Waals surface area contributed by atoms with Crippen LogP contribution in [0.25, 0.3) is 0 Å². The first kappa shape index (κ1) is 27.2. The molecule has 0 radical (unpaired) electrons. The number of piperazine rings is 1. The Morgan fingerprint density at radius 3 is 2.35 bits per heavy atom. The number of methoxy groups -OCH3 is 2. The van der Waals surface area contributed by atoms with E-state index in [1.54, 1.807) is 36.3 Å². The molecule has 0 aromatic heterocycles. The minimum Gasteiger partial charge on any atom is -0.497 e. The van der Waals surface area contributed by atoms with E-state index in [1.807, 2.05) is 29.2 Å². The number of anilines is 2. The number of carboxylic acids is 1. The molecule has 5 rings (SSSR count). The van der Waals surface area contributed by atoms with Gasteiger partial charge in [-0.1, -0.05) is 24.3 Å². The fourth-order valence-corrected chi connectivity index (χ4v) is 5.20. The Hall–Kier alpha value is -4.41. The van der Waals surface area contributed by atoms with Gasteiger partial charge in [0.05, 0.1) is 43.6 Å². The molecule has 0 bridgehead atoms. The highest BCUT2D eigenvalue weighted by atomic mass is 19.4. The van der Waals surface area contributed by atoms with Gasteiger partial charge in [-0.25, -0.2) is 4.99 Å². The number of halogens is 3. The molecule has 1 atom stereocenters. The largest absolute Gasteiger partial charge is 0.497 e. The number of nitrogens with zero attached hydrogens (tertiary/aromatic N) is 4. The van der Waals surface area contributed by atoms with Crippen LogP contribution >= 0.6 is 0 Å². The average molecular weight is 555 g/mol. The van der Waals surface area contributed by atoms with Crippen LogP contribution in [0.15, 0.2) is 71.7 Å². The monoisotopic (exact) mass is 554 g/mol. The average Bonchev–Trinajstić information content (AvgIpc) is 2.96. The van der Waals surface area contributed by atoms with Crippen LogP contribution in [0.2, 0.25) is 0 Å². The SMILES string of the molecule is COc1cccc(N2CCN(C3=Nc4ccccc4C(CC(=O)O)N3c3cc(C(F)(F)F)ccc3OC)CC2)c1. The molecule has 1 fully saturated rings. The van der Waals surface area contributed by atoms with Crippen LogP contribution < -0.4 is 19.3 Å². The highest BCUT2D eigenvalue weighted by molar-refractivity contribution is 6.02. The summed E-state index contributed by atoms with van der Waals surface area (Å²) in [6.07, 6.45) is -4.95. The second-order valence-electron chi connectivity index (χ2n) is 9.51. The molecule has 2 aliphatic rings. The maximum atomic E-state index is 13.8. The molecule has 11 heteroatoms. The van der Waals surface area contributed by atoms with Gasteiger partial charge in [0, 0.05) is 43.5 Å². The van der Waals surface area contributed by atoms with E-state index in [1.165, 1.54) is 13.2 Å². The Morgan fingerprint density at radius 1 is 0.950 bits per heavy atom. The first-order valence-corrected chi connectivity index (χ1v) is 12.8. The summed E-state index contributed by atoms with van der Waals surface area (Å²) in [5.74, 6) is 0.228. The number of benzene rings is 3. The molecule has 1 saturated heterocycles. The summed E-state index contributed by atoms with van der Waals surface area (Å²) >= 11 is 0. The number of carboxylic acid groups (broad SMARTS) is 1. The zero-order valence-corrected chi connectivity index (χ0v) is 22.1. The number of rotatable bonds is 6. The maximum Gasteiger partial charge on any atom is 0.416 e. The van der Waals surface area contributed by atoms with Crippen LogP contribution in [-0.4, -0.2) is 62.3 Å². The first-order chi connectivity index (χ1) is 19.2. The van der Waals surface area contributed by atoms with Crippen LogP contribution in [-0.2, 0) is 11.0 Å². The molecular weight excluding hydrogens is 525 g/mol. The van der Waals surface area contributed by atoms with E-state index in [0.717, 1.165) is 23.6 Å². The predicted octanol–water partition coefficient (Wildman–Crippen LogP) is 5.57. The molecule has 210 valence electrons. The molecule has 40 heavy (non-hydrogen) atoms. The highest BCUT2D eigenvalue weighted by Crippen LogP contribution is 2.45. The van der Waals surface area contributed by atoms with Crippen molar-refractivity contribution < 1.29 is 32.5 Å². The van der Waals surface area contributed by atoms with Crippen molar-refractivity contribution in [3.8, 4) is 11.5 Å². The molecule has 1 N–H and O–H groups in total. The van der Waals surface area contributed by atoms with Gasteiger partial charge in [-0.15, -0.1) is 0 Å². The molecule has 0 spiro atoms. The van der Waals surface area contributed by atoms with Gasteiger partial charge in [0.1, 0.15) is 11.5 Å². The normalized spacial score (nSPS) is 17.3. The third-order valence-corrected chi connectivity index (χ3v) is 7.16. The predicted molar refractivity (Wildman–Crippen MR) is 146 cm³/mol. The quantitative estimate of drug-likeness (QED) is 0.427. The van der Waals surface area contributed by atoms with Gasteiger partial charge in [-0.3, -0.25) is 4.79 Å². The molecule has 0 amide bonds. The van der Waals surface area contributed by atoms with Crippen molar-refractivity contribution >= 4 is 29.0 Å². The number of carbonyl (C=O) groups is 1. The molecular formula is C29H29F3N4O4. The Labute approximate surface area is 229 Å². The zero-order chi connectivity index (χ0) is 28.4. The van der Waals surface area contributed by atoms with Gasteiger partial charge in [0.2, 0.25) is 5.96 Å². The molecule has 2 heterocycles. The molecule has 0 aliphatic carbocycles. The fraction of sp³-hybridized carbons (Fsp3) is 0.310. The van der Waals surface area contributed by atoms with E-state index in [0.29, 0.717) is 43.4 Å². The number of aliphatic imine (C=N–C) groups is 1.